The van der Waals surface area contributed by atoms with Crippen LogP contribution in [0.15, 0.2) is 54.7 Å². The Kier molecular flexibility index (Phi) is 5.35. The summed E-state index contributed by atoms with van der Waals surface area (Å²) in [6.45, 7) is 2.60. The first-order valence-corrected chi connectivity index (χ1v) is 9.89. The third-order valence-corrected chi connectivity index (χ3v) is 5.46. The first-order valence-electron chi connectivity index (χ1n) is 9.89. The molecule has 0 radical (unpaired) electrons. The number of fused-ring (bicyclic) bond motifs is 1. The second kappa shape index (κ2) is 8.07. The minimum atomic E-state index is -0.230. The molecular formula is C23H27N3O2. The fraction of sp³-hybridized carbons (Fsp3) is 0.348. The van der Waals surface area contributed by atoms with Gasteiger partial charge in [0.05, 0.1) is 13.2 Å². The molecule has 0 saturated heterocycles. The molecule has 1 fully saturated rings. The predicted octanol–water partition coefficient (Wildman–Crippen LogP) is 3.57. The van der Waals surface area contributed by atoms with E-state index in [1.807, 2.05) is 25.1 Å². The van der Waals surface area contributed by atoms with Gasteiger partial charge in [0.15, 0.2) is 0 Å². The highest BCUT2D eigenvalue weighted by atomic mass is 16.5. The maximum atomic E-state index is 12.3. The number of carbonyl (C=O) groups is 1. The predicted molar refractivity (Wildman–Crippen MR) is 112 cm³/mol. The van der Waals surface area contributed by atoms with E-state index in [0.717, 1.165) is 24.1 Å². The third kappa shape index (κ3) is 4.04. The molecule has 4 rings (SSSR count). The van der Waals surface area contributed by atoms with Gasteiger partial charge >= 0.3 is 0 Å². The molecule has 1 saturated carbocycles. The zero-order valence-electron chi connectivity index (χ0n) is 16.4. The lowest BCUT2D eigenvalue weighted by molar-refractivity contribution is -0.122. The zero-order chi connectivity index (χ0) is 19.5. The number of carbonyl (C=O) groups excluding carboxylic acids is 1. The zero-order valence-corrected chi connectivity index (χ0v) is 16.4. The SMILES string of the molecule is COc1ccc([C@@H](CN[C@@H](C)C(=O)NC2CC2)c2c[nH]c3ccccc23)cc1. The van der Waals surface area contributed by atoms with Crippen molar-refractivity contribution in [3.63, 3.8) is 0 Å². The van der Waals surface area contributed by atoms with Crippen LogP contribution in [0.1, 0.15) is 36.8 Å². The van der Waals surface area contributed by atoms with Crippen LogP contribution in [-0.2, 0) is 4.79 Å². The summed E-state index contributed by atoms with van der Waals surface area (Å²) in [4.78, 5) is 15.7. The van der Waals surface area contributed by atoms with E-state index in [2.05, 4.69) is 52.1 Å². The number of aromatic amines is 1. The number of amides is 1. The number of benzene rings is 2. The molecule has 2 aromatic carbocycles. The van der Waals surface area contributed by atoms with Crippen LogP contribution in [0, 0.1) is 0 Å². The highest BCUT2D eigenvalue weighted by Crippen LogP contribution is 2.31. The van der Waals surface area contributed by atoms with Crippen molar-refractivity contribution in [2.45, 2.75) is 37.8 Å². The molecule has 0 spiro atoms. The Balaban J connectivity index is 1.58. The molecule has 5 nitrogen and oxygen atoms in total. The summed E-state index contributed by atoms with van der Waals surface area (Å²) in [5.74, 6) is 1.04. The highest BCUT2D eigenvalue weighted by Gasteiger charge is 2.26. The van der Waals surface area contributed by atoms with Crippen LogP contribution in [0.3, 0.4) is 0 Å². The monoisotopic (exact) mass is 377 g/mol. The molecule has 1 aliphatic carbocycles. The largest absolute Gasteiger partial charge is 0.497 e. The lowest BCUT2D eigenvalue weighted by Gasteiger charge is -2.21. The number of hydrogen-bond donors (Lipinski definition) is 3. The van der Waals surface area contributed by atoms with Gasteiger partial charge in [-0.2, -0.15) is 0 Å². The lowest BCUT2D eigenvalue weighted by Crippen LogP contribution is -2.44. The number of ether oxygens (including phenoxy) is 1. The van der Waals surface area contributed by atoms with E-state index in [9.17, 15) is 4.79 Å². The van der Waals surface area contributed by atoms with E-state index in [1.165, 1.54) is 16.5 Å². The molecule has 146 valence electrons. The molecule has 1 aliphatic rings. The van der Waals surface area contributed by atoms with Crippen molar-refractivity contribution >= 4 is 16.8 Å². The molecule has 3 N–H and O–H groups in total. The maximum Gasteiger partial charge on any atom is 0.237 e. The lowest BCUT2D eigenvalue weighted by atomic mass is 9.90. The highest BCUT2D eigenvalue weighted by molar-refractivity contribution is 5.84. The number of nitrogens with one attached hydrogen (secondary N) is 3. The topological polar surface area (TPSA) is 66.2 Å². The molecule has 0 unspecified atom stereocenters. The van der Waals surface area contributed by atoms with E-state index >= 15 is 0 Å². The Bertz CT molecular complexity index is 944. The van der Waals surface area contributed by atoms with Gasteiger partial charge in [-0.1, -0.05) is 30.3 Å². The van der Waals surface area contributed by atoms with Gasteiger partial charge in [-0.25, -0.2) is 0 Å². The molecule has 3 aromatic rings. The van der Waals surface area contributed by atoms with Gasteiger partial charge in [-0.15, -0.1) is 0 Å². The van der Waals surface area contributed by atoms with E-state index < -0.39 is 0 Å². The summed E-state index contributed by atoms with van der Waals surface area (Å²) < 4.78 is 5.31. The Morgan fingerprint density at radius 2 is 1.93 bits per heavy atom. The number of H-pyrrole nitrogens is 1. The summed E-state index contributed by atoms with van der Waals surface area (Å²) in [6.07, 6.45) is 4.28. The standard InChI is InChI=1S/C23H27N3O2/c1-15(23(27)26-17-9-10-17)24-13-20(16-7-11-18(28-2)12-8-16)21-14-25-22-6-4-3-5-19(21)22/h3-8,11-12,14-15,17,20,24-25H,9-10,13H2,1-2H3,(H,26,27)/t15-,20+/m0/s1. The van der Waals surface area contributed by atoms with Crippen molar-refractivity contribution in [1.29, 1.82) is 0 Å². The molecule has 5 heteroatoms. The van der Waals surface area contributed by atoms with Gasteiger partial charge in [0.2, 0.25) is 5.91 Å². The van der Waals surface area contributed by atoms with Crippen molar-refractivity contribution in [3.05, 3.63) is 65.9 Å². The van der Waals surface area contributed by atoms with Crippen molar-refractivity contribution in [2.24, 2.45) is 0 Å². The van der Waals surface area contributed by atoms with Crippen LogP contribution >= 0.6 is 0 Å². The third-order valence-electron chi connectivity index (χ3n) is 5.46. The average Bonchev–Trinajstić information content (AvgIpc) is 3.45. The molecule has 0 aliphatic heterocycles. The minimum absolute atomic E-state index is 0.0786. The van der Waals surface area contributed by atoms with Crippen LogP contribution in [0.5, 0.6) is 5.75 Å². The first kappa shape index (κ1) is 18.6. The van der Waals surface area contributed by atoms with E-state index in [4.69, 9.17) is 4.74 Å². The van der Waals surface area contributed by atoms with Crippen molar-refractivity contribution in [1.82, 2.24) is 15.6 Å². The van der Waals surface area contributed by atoms with Crippen molar-refractivity contribution in [3.8, 4) is 5.75 Å². The summed E-state index contributed by atoms with van der Waals surface area (Å²) in [7, 11) is 1.67. The fourth-order valence-electron chi connectivity index (χ4n) is 3.57. The Morgan fingerprint density at radius 1 is 1.18 bits per heavy atom. The van der Waals surface area contributed by atoms with E-state index in [0.29, 0.717) is 12.6 Å². The maximum absolute atomic E-state index is 12.3. The van der Waals surface area contributed by atoms with Crippen LogP contribution in [0.4, 0.5) is 0 Å². The van der Waals surface area contributed by atoms with Crippen LogP contribution in [0.2, 0.25) is 0 Å². The van der Waals surface area contributed by atoms with Gasteiger partial charge in [0.25, 0.3) is 0 Å². The van der Waals surface area contributed by atoms with E-state index in [-0.39, 0.29) is 17.9 Å². The Morgan fingerprint density at radius 3 is 2.64 bits per heavy atom. The number of para-hydroxylation sites is 1. The summed E-state index contributed by atoms with van der Waals surface area (Å²) in [5, 5.41) is 7.72. The van der Waals surface area contributed by atoms with Gasteiger partial charge in [-0.3, -0.25) is 4.79 Å². The van der Waals surface area contributed by atoms with Crippen molar-refractivity contribution in [2.75, 3.05) is 13.7 Å². The average molecular weight is 377 g/mol. The number of rotatable bonds is 8. The van der Waals surface area contributed by atoms with Crippen LogP contribution in [-0.4, -0.2) is 36.6 Å². The summed E-state index contributed by atoms with van der Waals surface area (Å²) >= 11 is 0. The van der Waals surface area contributed by atoms with Gasteiger partial charge < -0.3 is 20.4 Å². The molecular weight excluding hydrogens is 350 g/mol. The normalized spacial score (nSPS) is 15.9. The Hall–Kier alpha value is -2.79. The molecule has 2 atom stereocenters. The minimum Gasteiger partial charge on any atom is -0.497 e. The smallest absolute Gasteiger partial charge is 0.237 e. The summed E-state index contributed by atoms with van der Waals surface area (Å²) in [6, 6.07) is 16.6. The number of methoxy groups -OCH3 is 1. The van der Waals surface area contributed by atoms with Gasteiger partial charge in [-0.05, 0) is 49.1 Å². The molecule has 1 aromatic heterocycles. The Labute approximate surface area is 165 Å². The second-order valence-electron chi connectivity index (χ2n) is 7.53. The molecule has 28 heavy (non-hydrogen) atoms. The molecule has 1 amide bonds. The molecule has 1 heterocycles. The fourth-order valence-corrected chi connectivity index (χ4v) is 3.57. The second-order valence-corrected chi connectivity index (χ2v) is 7.53. The van der Waals surface area contributed by atoms with Crippen LogP contribution < -0.4 is 15.4 Å². The van der Waals surface area contributed by atoms with E-state index in [1.54, 1.807) is 7.11 Å². The number of aromatic nitrogens is 1. The van der Waals surface area contributed by atoms with Crippen molar-refractivity contribution < 1.29 is 9.53 Å². The van der Waals surface area contributed by atoms with Gasteiger partial charge in [0.1, 0.15) is 5.75 Å². The van der Waals surface area contributed by atoms with Gasteiger partial charge in [0, 0.05) is 35.6 Å². The quantitative estimate of drug-likeness (QED) is 0.562. The number of hydrogen-bond acceptors (Lipinski definition) is 3. The first-order chi connectivity index (χ1) is 13.7. The summed E-state index contributed by atoms with van der Waals surface area (Å²) in [5.41, 5.74) is 3.53. The molecule has 0 bridgehead atoms. The van der Waals surface area contributed by atoms with Crippen LogP contribution in [0.25, 0.3) is 10.9 Å².